The van der Waals surface area contributed by atoms with Crippen LogP contribution in [0.15, 0.2) is 51.5 Å². The minimum Gasteiger partial charge on any atom is -0.459 e. The van der Waals surface area contributed by atoms with Crippen molar-refractivity contribution in [3.8, 4) is 11.7 Å². The van der Waals surface area contributed by atoms with E-state index in [9.17, 15) is 9.59 Å². The maximum atomic E-state index is 12.7. The van der Waals surface area contributed by atoms with Gasteiger partial charge in [0.1, 0.15) is 0 Å². The molecule has 0 spiro atoms. The van der Waals surface area contributed by atoms with Crippen molar-refractivity contribution in [1.29, 1.82) is 0 Å². The van der Waals surface area contributed by atoms with Crippen molar-refractivity contribution < 1.29 is 18.4 Å². The zero-order chi connectivity index (χ0) is 22.2. The van der Waals surface area contributed by atoms with E-state index < -0.39 is 0 Å². The normalized spacial score (nSPS) is 11.0. The van der Waals surface area contributed by atoms with Crippen molar-refractivity contribution in [3.63, 3.8) is 0 Å². The molecule has 2 aromatic heterocycles. The molecule has 0 radical (unpaired) electrons. The predicted molar refractivity (Wildman–Crippen MR) is 115 cm³/mol. The fraction of sp³-hybridized carbons (Fsp3) is 0.364. The molecule has 9 nitrogen and oxygen atoms in total. The summed E-state index contributed by atoms with van der Waals surface area (Å²) in [4.78, 5) is 28.3. The van der Waals surface area contributed by atoms with Gasteiger partial charge < -0.3 is 19.1 Å². The molecular formula is C22H27N5O4. The number of carbonyl (C=O) groups excluding carboxylic acids is 2. The summed E-state index contributed by atoms with van der Waals surface area (Å²) in [5.41, 5.74) is 1.81. The highest BCUT2D eigenvalue weighted by Crippen LogP contribution is 2.18. The molecule has 0 aliphatic carbocycles. The number of furan rings is 1. The summed E-state index contributed by atoms with van der Waals surface area (Å²) >= 11 is 0. The molecule has 0 aliphatic rings. The molecule has 0 fully saturated rings. The fourth-order valence-electron chi connectivity index (χ4n) is 2.99. The van der Waals surface area contributed by atoms with Crippen LogP contribution in [0.2, 0.25) is 0 Å². The number of hydrogen-bond donors (Lipinski definition) is 1. The van der Waals surface area contributed by atoms with Crippen LogP contribution in [-0.2, 0) is 16.1 Å². The lowest BCUT2D eigenvalue weighted by molar-refractivity contribution is -0.134. The Hall–Kier alpha value is -3.46. The van der Waals surface area contributed by atoms with Gasteiger partial charge >= 0.3 is 0 Å². The number of rotatable bonds is 10. The molecule has 2 heterocycles. The van der Waals surface area contributed by atoms with E-state index >= 15 is 0 Å². The molecular weight excluding hydrogens is 398 g/mol. The molecule has 3 aromatic rings. The van der Waals surface area contributed by atoms with E-state index in [-0.39, 0.29) is 24.9 Å². The second-order valence-electron chi connectivity index (χ2n) is 7.35. The number of likely N-dealkylation sites (N-methyl/N-ethyl adjacent to an activating group) is 1. The Kier molecular flexibility index (Phi) is 7.55. The second kappa shape index (κ2) is 10.5. The third kappa shape index (κ3) is 6.51. The first kappa shape index (κ1) is 22.2. The van der Waals surface area contributed by atoms with E-state index in [1.165, 1.54) is 11.2 Å². The Labute approximate surface area is 181 Å². The topological polar surface area (TPSA) is 105 Å². The molecule has 0 atom stereocenters. The monoisotopic (exact) mass is 425 g/mol. The summed E-state index contributed by atoms with van der Waals surface area (Å²) in [7, 11) is 1.61. The van der Waals surface area contributed by atoms with Crippen LogP contribution >= 0.6 is 0 Å². The van der Waals surface area contributed by atoms with Gasteiger partial charge in [-0.3, -0.25) is 14.5 Å². The highest BCUT2D eigenvalue weighted by atomic mass is 16.4. The number of nitrogens with one attached hydrogen (secondary N) is 1. The van der Waals surface area contributed by atoms with Gasteiger partial charge in [0.25, 0.3) is 5.89 Å². The summed E-state index contributed by atoms with van der Waals surface area (Å²) < 4.78 is 10.9. The first-order valence-corrected chi connectivity index (χ1v) is 10.1. The van der Waals surface area contributed by atoms with E-state index in [0.717, 1.165) is 12.0 Å². The summed E-state index contributed by atoms with van der Waals surface area (Å²) in [6, 6.07) is 11.0. The SMILES string of the molecule is CCCN(CC(=O)N(C)CC(=O)Nc1ccc(C)cc1)Cc1nnc(-c2ccco2)o1. The average molecular weight is 425 g/mol. The van der Waals surface area contributed by atoms with E-state index in [4.69, 9.17) is 8.83 Å². The average Bonchev–Trinajstić information content (AvgIpc) is 3.41. The smallest absolute Gasteiger partial charge is 0.283 e. The number of benzene rings is 1. The van der Waals surface area contributed by atoms with Crippen molar-refractivity contribution in [3.05, 3.63) is 54.1 Å². The van der Waals surface area contributed by atoms with Crippen LogP contribution in [0.5, 0.6) is 0 Å². The van der Waals surface area contributed by atoms with Gasteiger partial charge in [-0.1, -0.05) is 24.6 Å². The van der Waals surface area contributed by atoms with Gasteiger partial charge in [-0.05, 0) is 44.2 Å². The third-order valence-corrected chi connectivity index (χ3v) is 4.60. The number of anilines is 1. The second-order valence-corrected chi connectivity index (χ2v) is 7.35. The molecule has 2 amide bonds. The number of hydrogen-bond acceptors (Lipinski definition) is 7. The number of amides is 2. The van der Waals surface area contributed by atoms with Crippen LogP contribution < -0.4 is 5.32 Å². The largest absolute Gasteiger partial charge is 0.459 e. The number of carbonyl (C=O) groups is 2. The molecule has 0 saturated carbocycles. The van der Waals surface area contributed by atoms with Crippen LogP contribution in [0.25, 0.3) is 11.7 Å². The lowest BCUT2D eigenvalue weighted by atomic mass is 10.2. The predicted octanol–water partition coefficient (Wildman–Crippen LogP) is 2.95. The van der Waals surface area contributed by atoms with Crippen LogP contribution in [0.4, 0.5) is 5.69 Å². The van der Waals surface area contributed by atoms with E-state index in [0.29, 0.717) is 36.3 Å². The first-order chi connectivity index (χ1) is 14.9. The van der Waals surface area contributed by atoms with E-state index in [1.54, 1.807) is 19.2 Å². The van der Waals surface area contributed by atoms with Gasteiger partial charge in [-0.25, -0.2) is 0 Å². The van der Waals surface area contributed by atoms with Gasteiger partial charge in [0.2, 0.25) is 17.7 Å². The highest BCUT2D eigenvalue weighted by molar-refractivity contribution is 5.94. The zero-order valence-electron chi connectivity index (χ0n) is 18.0. The standard InChI is InChI=1S/C22H27N5O4/c1-4-11-27(14-20-24-25-22(31-20)18-6-5-12-30-18)15-21(29)26(3)13-19(28)23-17-9-7-16(2)8-10-17/h5-10,12H,4,11,13-15H2,1-3H3,(H,23,28). The Morgan fingerprint density at radius 3 is 2.55 bits per heavy atom. The summed E-state index contributed by atoms with van der Waals surface area (Å²) in [5.74, 6) is 0.774. The summed E-state index contributed by atoms with van der Waals surface area (Å²) in [5, 5.41) is 10.8. The van der Waals surface area contributed by atoms with E-state index in [2.05, 4.69) is 15.5 Å². The molecule has 0 unspecified atom stereocenters. The Bertz CT molecular complexity index is 982. The zero-order valence-corrected chi connectivity index (χ0v) is 18.0. The van der Waals surface area contributed by atoms with Crippen LogP contribution in [0.1, 0.15) is 24.8 Å². The Balaban J connectivity index is 1.53. The third-order valence-electron chi connectivity index (χ3n) is 4.60. The minimum atomic E-state index is -0.248. The van der Waals surface area contributed by atoms with Crippen molar-refractivity contribution in [2.24, 2.45) is 0 Å². The number of aromatic nitrogens is 2. The van der Waals surface area contributed by atoms with Gasteiger partial charge in [-0.15, -0.1) is 10.2 Å². The first-order valence-electron chi connectivity index (χ1n) is 10.1. The fourth-order valence-corrected chi connectivity index (χ4v) is 2.99. The molecule has 31 heavy (non-hydrogen) atoms. The van der Waals surface area contributed by atoms with Crippen LogP contribution in [0, 0.1) is 6.92 Å². The molecule has 0 saturated heterocycles. The Morgan fingerprint density at radius 1 is 1.10 bits per heavy atom. The number of aryl methyl sites for hydroxylation is 1. The van der Waals surface area contributed by atoms with Crippen LogP contribution in [0.3, 0.4) is 0 Å². The lowest BCUT2D eigenvalue weighted by Gasteiger charge is -2.23. The molecule has 0 aliphatic heterocycles. The van der Waals surface area contributed by atoms with Gasteiger partial charge in [0.15, 0.2) is 5.76 Å². The molecule has 164 valence electrons. The quantitative estimate of drug-likeness (QED) is 0.532. The highest BCUT2D eigenvalue weighted by Gasteiger charge is 2.19. The maximum Gasteiger partial charge on any atom is 0.283 e. The molecule has 9 heteroatoms. The van der Waals surface area contributed by atoms with Crippen molar-refractivity contribution >= 4 is 17.5 Å². The van der Waals surface area contributed by atoms with Crippen molar-refractivity contribution in [2.45, 2.75) is 26.8 Å². The lowest BCUT2D eigenvalue weighted by Crippen LogP contribution is -2.41. The maximum absolute atomic E-state index is 12.7. The van der Waals surface area contributed by atoms with Crippen molar-refractivity contribution in [2.75, 3.05) is 32.0 Å². The Morgan fingerprint density at radius 2 is 1.87 bits per heavy atom. The van der Waals surface area contributed by atoms with Gasteiger partial charge in [0.05, 0.1) is 25.9 Å². The number of nitrogens with zero attached hydrogens (tertiary/aromatic N) is 4. The van der Waals surface area contributed by atoms with Gasteiger partial charge in [0, 0.05) is 12.7 Å². The molecule has 1 N–H and O–H groups in total. The van der Waals surface area contributed by atoms with Crippen LogP contribution in [-0.4, -0.2) is 58.5 Å². The van der Waals surface area contributed by atoms with Crippen molar-refractivity contribution in [1.82, 2.24) is 20.0 Å². The minimum absolute atomic E-state index is 0.0319. The summed E-state index contributed by atoms with van der Waals surface area (Å²) in [6.45, 7) is 5.12. The van der Waals surface area contributed by atoms with E-state index in [1.807, 2.05) is 43.0 Å². The molecule has 1 aromatic carbocycles. The molecule has 0 bridgehead atoms. The molecule has 3 rings (SSSR count). The summed E-state index contributed by atoms with van der Waals surface area (Å²) in [6.07, 6.45) is 2.39. The van der Waals surface area contributed by atoms with Gasteiger partial charge in [-0.2, -0.15) is 0 Å².